The Morgan fingerprint density at radius 1 is 1.00 bits per heavy atom. The molecule has 0 aliphatic carbocycles. The van der Waals surface area contributed by atoms with Crippen LogP contribution in [0.2, 0.25) is 5.82 Å². The van der Waals surface area contributed by atoms with E-state index in [0.29, 0.717) is 11.7 Å². The second-order valence-corrected chi connectivity index (χ2v) is 7.68. The molecule has 0 bridgehead atoms. The van der Waals surface area contributed by atoms with Gasteiger partial charge in [0, 0.05) is 0 Å². The summed E-state index contributed by atoms with van der Waals surface area (Å²) < 4.78 is 12.5. The van der Waals surface area contributed by atoms with E-state index in [0.717, 1.165) is 12.8 Å². The fraction of sp³-hybridized carbons (Fsp3) is 0.684. The molecule has 1 aliphatic heterocycles. The van der Waals surface area contributed by atoms with Crippen molar-refractivity contribution in [3.05, 3.63) is 35.9 Å². The highest BCUT2D eigenvalue weighted by molar-refractivity contribution is 6.47. The molecule has 1 heterocycles. The Labute approximate surface area is 136 Å². The lowest BCUT2D eigenvalue weighted by atomic mass is 9.64. The van der Waals surface area contributed by atoms with Gasteiger partial charge in [-0.05, 0) is 57.8 Å². The third-order valence-electron chi connectivity index (χ3n) is 5.62. The minimum Gasteiger partial charge on any atom is -0.403 e. The Bertz CT molecular complexity index is 454. The van der Waals surface area contributed by atoms with Gasteiger partial charge in [0.05, 0.1) is 11.2 Å². The Kier molecular flexibility index (Phi) is 5.39. The molecule has 1 aromatic rings. The molecule has 2 nitrogen and oxygen atoms in total. The molecule has 0 N–H and O–H groups in total. The number of aryl methyl sites for hydroxylation is 1. The molecule has 3 heteroatoms. The molecule has 0 radical (unpaired) electrons. The summed E-state index contributed by atoms with van der Waals surface area (Å²) in [5.41, 5.74) is 0.954. The highest BCUT2D eigenvalue weighted by atomic mass is 16.7. The molecule has 0 unspecified atom stereocenters. The van der Waals surface area contributed by atoms with E-state index in [1.54, 1.807) is 0 Å². The maximum absolute atomic E-state index is 6.24. The molecule has 1 aliphatic rings. The molecule has 0 saturated carbocycles. The molecule has 2 rings (SSSR count). The van der Waals surface area contributed by atoms with Crippen LogP contribution in [0, 0.1) is 5.92 Å². The Morgan fingerprint density at radius 2 is 1.55 bits per heavy atom. The van der Waals surface area contributed by atoms with Crippen LogP contribution in [0.15, 0.2) is 30.3 Å². The summed E-state index contributed by atoms with van der Waals surface area (Å²) in [5.74, 6) is 1.03. The van der Waals surface area contributed by atoms with Gasteiger partial charge < -0.3 is 9.31 Å². The van der Waals surface area contributed by atoms with E-state index in [1.165, 1.54) is 12.0 Å². The van der Waals surface area contributed by atoms with Gasteiger partial charge in [0.15, 0.2) is 0 Å². The van der Waals surface area contributed by atoms with Crippen LogP contribution in [0.1, 0.15) is 59.9 Å². The number of hydrogen-bond donors (Lipinski definition) is 0. The first kappa shape index (κ1) is 17.6. The van der Waals surface area contributed by atoms with Crippen LogP contribution in [0.3, 0.4) is 0 Å². The summed E-state index contributed by atoms with van der Waals surface area (Å²) >= 11 is 0. The van der Waals surface area contributed by atoms with Crippen molar-refractivity contribution in [3.8, 4) is 0 Å². The molecule has 2 atom stereocenters. The lowest BCUT2D eigenvalue weighted by Crippen LogP contribution is -2.41. The fourth-order valence-corrected chi connectivity index (χ4v) is 3.16. The maximum Gasteiger partial charge on any atom is 0.461 e. The van der Waals surface area contributed by atoms with E-state index in [-0.39, 0.29) is 18.3 Å². The molecule has 1 aromatic carbocycles. The summed E-state index contributed by atoms with van der Waals surface area (Å²) in [6.07, 6.45) is 3.48. The van der Waals surface area contributed by atoms with Crippen LogP contribution in [0.4, 0.5) is 0 Å². The van der Waals surface area contributed by atoms with Gasteiger partial charge in [-0.3, -0.25) is 0 Å². The molecule has 22 heavy (non-hydrogen) atoms. The van der Waals surface area contributed by atoms with E-state index in [1.807, 2.05) is 0 Å². The van der Waals surface area contributed by atoms with Gasteiger partial charge in [0.2, 0.25) is 0 Å². The molecule has 122 valence electrons. The maximum atomic E-state index is 6.24. The predicted molar refractivity (Wildman–Crippen MR) is 94.1 cm³/mol. The average molecular weight is 302 g/mol. The van der Waals surface area contributed by atoms with Crippen LogP contribution < -0.4 is 0 Å². The normalized spacial score (nSPS) is 22.5. The molecule has 0 spiro atoms. The first-order valence-electron chi connectivity index (χ1n) is 8.66. The zero-order valence-corrected chi connectivity index (χ0v) is 15.1. The second-order valence-electron chi connectivity index (χ2n) is 7.68. The lowest BCUT2D eigenvalue weighted by Gasteiger charge is -2.32. The number of hydrogen-bond acceptors (Lipinski definition) is 2. The smallest absolute Gasteiger partial charge is 0.403 e. The molecule has 1 fully saturated rings. The Morgan fingerprint density at radius 3 is 2.05 bits per heavy atom. The zero-order chi connectivity index (χ0) is 16.4. The topological polar surface area (TPSA) is 18.5 Å². The van der Waals surface area contributed by atoms with E-state index in [2.05, 4.69) is 71.9 Å². The summed E-state index contributed by atoms with van der Waals surface area (Å²) in [6.45, 7) is 13.1. The van der Waals surface area contributed by atoms with Crippen molar-refractivity contribution in [2.75, 3.05) is 0 Å². The molecular formula is C19H31BO2. The first-order chi connectivity index (χ1) is 10.3. The van der Waals surface area contributed by atoms with Gasteiger partial charge in [0.25, 0.3) is 0 Å². The van der Waals surface area contributed by atoms with Gasteiger partial charge in [0.1, 0.15) is 0 Å². The Balaban J connectivity index is 1.96. The summed E-state index contributed by atoms with van der Waals surface area (Å²) in [5, 5.41) is 0. The zero-order valence-electron chi connectivity index (χ0n) is 15.1. The third-order valence-corrected chi connectivity index (χ3v) is 5.62. The average Bonchev–Trinajstić information content (AvgIpc) is 2.69. The van der Waals surface area contributed by atoms with Crippen molar-refractivity contribution < 1.29 is 9.31 Å². The third kappa shape index (κ3) is 3.75. The van der Waals surface area contributed by atoms with Gasteiger partial charge in [-0.25, -0.2) is 0 Å². The largest absolute Gasteiger partial charge is 0.461 e. The quantitative estimate of drug-likeness (QED) is 0.678. The molecule has 0 aromatic heterocycles. The van der Waals surface area contributed by atoms with Gasteiger partial charge >= 0.3 is 7.12 Å². The van der Waals surface area contributed by atoms with Crippen LogP contribution in [-0.4, -0.2) is 18.3 Å². The van der Waals surface area contributed by atoms with E-state index in [4.69, 9.17) is 9.31 Å². The number of benzene rings is 1. The SMILES string of the molecule is CC[C@H](CCc1ccccc1)[C@H](C)B1OC(C)(C)C(C)(C)O1. The van der Waals surface area contributed by atoms with Crippen LogP contribution in [0.25, 0.3) is 0 Å². The highest BCUT2D eigenvalue weighted by Gasteiger charge is 2.53. The van der Waals surface area contributed by atoms with Crippen molar-refractivity contribution in [3.63, 3.8) is 0 Å². The van der Waals surface area contributed by atoms with Crippen LogP contribution >= 0.6 is 0 Å². The predicted octanol–water partition coefficient (Wildman–Crippen LogP) is 5.13. The van der Waals surface area contributed by atoms with Gasteiger partial charge in [-0.15, -0.1) is 0 Å². The lowest BCUT2D eigenvalue weighted by molar-refractivity contribution is 0.00578. The number of rotatable bonds is 6. The molecular weight excluding hydrogens is 271 g/mol. The highest BCUT2D eigenvalue weighted by Crippen LogP contribution is 2.42. The summed E-state index contributed by atoms with van der Waals surface area (Å²) in [7, 11) is -0.0919. The minimum atomic E-state index is -0.232. The van der Waals surface area contributed by atoms with Gasteiger partial charge in [-0.2, -0.15) is 0 Å². The minimum absolute atomic E-state index is 0.0919. The monoisotopic (exact) mass is 302 g/mol. The van der Waals surface area contributed by atoms with E-state index < -0.39 is 0 Å². The fourth-order valence-electron chi connectivity index (χ4n) is 3.16. The van der Waals surface area contributed by atoms with Crippen molar-refractivity contribution in [2.45, 2.75) is 77.8 Å². The van der Waals surface area contributed by atoms with E-state index in [9.17, 15) is 0 Å². The van der Waals surface area contributed by atoms with Crippen LogP contribution in [0.5, 0.6) is 0 Å². The van der Waals surface area contributed by atoms with E-state index >= 15 is 0 Å². The summed E-state index contributed by atoms with van der Waals surface area (Å²) in [4.78, 5) is 0. The van der Waals surface area contributed by atoms with Crippen LogP contribution in [-0.2, 0) is 15.7 Å². The molecule has 0 amide bonds. The Hall–Kier alpha value is -0.795. The van der Waals surface area contributed by atoms with Crippen molar-refractivity contribution in [2.24, 2.45) is 5.92 Å². The molecule has 1 saturated heterocycles. The standard InChI is InChI=1S/C19H31BO2/c1-7-17(14-13-16-11-9-8-10-12-16)15(2)20-21-18(3,4)19(5,6)22-20/h8-12,15,17H,7,13-14H2,1-6H3/t15-,17+/m0/s1. The summed E-state index contributed by atoms with van der Waals surface area (Å²) in [6, 6.07) is 10.7. The second kappa shape index (κ2) is 6.76. The first-order valence-corrected chi connectivity index (χ1v) is 8.66. The van der Waals surface area contributed by atoms with Crippen molar-refractivity contribution in [1.29, 1.82) is 0 Å². The van der Waals surface area contributed by atoms with Crippen molar-refractivity contribution >= 4 is 7.12 Å². The van der Waals surface area contributed by atoms with Crippen molar-refractivity contribution in [1.82, 2.24) is 0 Å². The van der Waals surface area contributed by atoms with Gasteiger partial charge in [-0.1, -0.05) is 50.6 Å².